The number of nitrogens with zero attached hydrogens (tertiary/aromatic N) is 2. The Kier molecular flexibility index (Phi) is 4.78. The van der Waals surface area contributed by atoms with Crippen LogP contribution < -0.4 is 5.32 Å². The first-order valence-electron chi connectivity index (χ1n) is 8.76. The summed E-state index contributed by atoms with van der Waals surface area (Å²) in [4.78, 5) is 4.67. The third-order valence-electron chi connectivity index (χ3n) is 4.71. The molecule has 1 atom stereocenters. The van der Waals surface area contributed by atoms with Gasteiger partial charge in [-0.05, 0) is 45.2 Å². The number of anilines is 1. The summed E-state index contributed by atoms with van der Waals surface area (Å²) in [5.74, 6) is 0.694. The van der Waals surface area contributed by atoms with Gasteiger partial charge in [0.25, 0.3) is 0 Å². The first kappa shape index (κ1) is 17.4. The number of hydrogen-bond acceptors (Lipinski definition) is 4. The number of nitriles is 1. The number of ether oxygens (including phenoxy) is 1. The smallest absolute Gasteiger partial charge is 0.144 e. The molecule has 1 N–H and O–H groups in total. The molecule has 0 amide bonds. The van der Waals surface area contributed by atoms with E-state index in [2.05, 4.69) is 49.3 Å². The molecule has 0 bridgehead atoms. The number of hydrogen-bond donors (Lipinski definition) is 1. The molecule has 0 radical (unpaired) electrons. The van der Waals surface area contributed by atoms with E-state index >= 15 is 0 Å². The Bertz CT molecular complexity index is 806. The van der Waals surface area contributed by atoms with Gasteiger partial charge in [0.05, 0.1) is 17.8 Å². The van der Waals surface area contributed by atoms with Crippen molar-refractivity contribution in [2.75, 3.05) is 5.32 Å². The second kappa shape index (κ2) is 6.85. The number of fused-ring (bicyclic) bond motifs is 1. The van der Waals surface area contributed by atoms with Crippen molar-refractivity contribution in [1.29, 1.82) is 5.26 Å². The lowest BCUT2D eigenvalue weighted by atomic mass is 9.88. The molecule has 0 fully saturated rings. The summed E-state index contributed by atoms with van der Waals surface area (Å²) >= 11 is 0. The van der Waals surface area contributed by atoms with Gasteiger partial charge in [-0.2, -0.15) is 5.26 Å². The molecule has 25 heavy (non-hydrogen) atoms. The van der Waals surface area contributed by atoms with E-state index in [-0.39, 0.29) is 11.6 Å². The highest BCUT2D eigenvalue weighted by molar-refractivity contribution is 5.60. The molecule has 0 saturated heterocycles. The SMILES string of the molecule is Cc1nc(N[C@H](C)Cc2ccccc2)c(C#N)c2c1COC(C)(C)C2. The molecule has 4 nitrogen and oxygen atoms in total. The van der Waals surface area contributed by atoms with Crippen molar-refractivity contribution in [1.82, 2.24) is 4.98 Å². The minimum atomic E-state index is -0.251. The third-order valence-corrected chi connectivity index (χ3v) is 4.71. The van der Waals surface area contributed by atoms with Crippen molar-refractivity contribution in [2.45, 2.75) is 58.8 Å². The first-order valence-corrected chi connectivity index (χ1v) is 8.76. The molecular weight excluding hydrogens is 310 g/mol. The Hall–Kier alpha value is -2.38. The normalized spacial score (nSPS) is 16.6. The zero-order valence-electron chi connectivity index (χ0n) is 15.4. The van der Waals surface area contributed by atoms with Crippen molar-refractivity contribution in [2.24, 2.45) is 0 Å². The third kappa shape index (κ3) is 3.83. The molecule has 0 aliphatic carbocycles. The maximum atomic E-state index is 9.77. The Balaban J connectivity index is 1.89. The molecule has 1 aliphatic rings. The molecule has 1 aromatic heterocycles. The minimum Gasteiger partial charge on any atom is -0.370 e. The summed E-state index contributed by atoms with van der Waals surface area (Å²) in [7, 11) is 0. The Morgan fingerprint density at radius 3 is 2.68 bits per heavy atom. The molecule has 2 aromatic rings. The van der Waals surface area contributed by atoms with E-state index in [0.717, 1.165) is 29.7 Å². The van der Waals surface area contributed by atoms with Crippen LogP contribution in [0.15, 0.2) is 30.3 Å². The molecule has 0 spiro atoms. The molecule has 0 saturated carbocycles. The average molecular weight is 335 g/mol. The summed E-state index contributed by atoms with van der Waals surface area (Å²) < 4.78 is 5.90. The van der Waals surface area contributed by atoms with E-state index in [9.17, 15) is 5.26 Å². The van der Waals surface area contributed by atoms with Gasteiger partial charge in [-0.1, -0.05) is 30.3 Å². The van der Waals surface area contributed by atoms with Crippen LogP contribution in [-0.4, -0.2) is 16.6 Å². The van der Waals surface area contributed by atoms with Crippen molar-refractivity contribution in [3.8, 4) is 6.07 Å². The molecule has 3 rings (SSSR count). The number of nitrogens with one attached hydrogen (secondary N) is 1. The van der Waals surface area contributed by atoms with Crippen molar-refractivity contribution in [3.05, 3.63) is 58.3 Å². The van der Waals surface area contributed by atoms with E-state index < -0.39 is 0 Å². The number of pyridine rings is 1. The van der Waals surface area contributed by atoms with Gasteiger partial charge in [0.2, 0.25) is 0 Å². The van der Waals surface area contributed by atoms with Crippen LogP contribution in [0.2, 0.25) is 0 Å². The van der Waals surface area contributed by atoms with Crippen molar-refractivity contribution in [3.63, 3.8) is 0 Å². The lowest BCUT2D eigenvalue weighted by Gasteiger charge is -2.33. The van der Waals surface area contributed by atoms with E-state index in [1.54, 1.807) is 0 Å². The van der Waals surface area contributed by atoms with Gasteiger partial charge in [0, 0.05) is 23.7 Å². The van der Waals surface area contributed by atoms with Gasteiger partial charge in [0.1, 0.15) is 11.9 Å². The molecule has 1 aromatic carbocycles. The predicted octanol–water partition coefficient (Wildman–Crippen LogP) is 4.16. The Morgan fingerprint density at radius 2 is 2.00 bits per heavy atom. The summed E-state index contributed by atoms with van der Waals surface area (Å²) in [5, 5.41) is 13.2. The lowest BCUT2D eigenvalue weighted by Crippen LogP contribution is -2.33. The number of benzene rings is 1. The quantitative estimate of drug-likeness (QED) is 0.911. The fourth-order valence-corrected chi connectivity index (χ4v) is 3.41. The fraction of sp³-hybridized carbons (Fsp3) is 0.429. The van der Waals surface area contributed by atoms with Crippen molar-refractivity contribution < 1.29 is 4.74 Å². The second-order valence-corrected chi connectivity index (χ2v) is 7.45. The predicted molar refractivity (Wildman–Crippen MR) is 99.5 cm³/mol. The Labute approximate surface area is 149 Å². The second-order valence-electron chi connectivity index (χ2n) is 7.45. The zero-order valence-corrected chi connectivity index (χ0v) is 15.4. The van der Waals surface area contributed by atoms with Crippen LogP contribution in [0.25, 0.3) is 0 Å². The summed E-state index contributed by atoms with van der Waals surface area (Å²) in [6.45, 7) is 8.78. The first-order chi connectivity index (χ1) is 11.9. The van der Waals surface area contributed by atoms with E-state index in [1.807, 2.05) is 25.1 Å². The van der Waals surface area contributed by atoms with Crippen LogP contribution >= 0.6 is 0 Å². The highest BCUT2D eigenvalue weighted by atomic mass is 16.5. The molecular formula is C21H25N3O. The van der Waals surface area contributed by atoms with E-state index in [0.29, 0.717) is 18.0 Å². The van der Waals surface area contributed by atoms with Gasteiger partial charge < -0.3 is 10.1 Å². The highest BCUT2D eigenvalue weighted by Gasteiger charge is 2.31. The summed E-state index contributed by atoms with van der Waals surface area (Å²) in [6, 6.07) is 12.9. The molecule has 4 heteroatoms. The molecule has 2 heterocycles. The summed E-state index contributed by atoms with van der Waals surface area (Å²) in [6.07, 6.45) is 1.62. The number of aromatic nitrogens is 1. The minimum absolute atomic E-state index is 0.187. The maximum absolute atomic E-state index is 9.77. The van der Waals surface area contributed by atoms with E-state index in [4.69, 9.17) is 4.74 Å². The Morgan fingerprint density at radius 1 is 1.28 bits per heavy atom. The largest absolute Gasteiger partial charge is 0.370 e. The lowest BCUT2D eigenvalue weighted by molar-refractivity contribution is -0.0405. The van der Waals surface area contributed by atoms with Crippen LogP contribution in [0.3, 0.4) is 0 Å². The standard InChI is InChI=1S/C21H25N3O/c1-14(10-16-8-6-5-7-9-16)23-20-18(12-22)17-11-21(3,4)25-13-19(17)15(2)24-20/h5-9,14H,10-11,13H2,1-4H3,(H,23,24)/t14-/m1/s1. The zero-order chi connectivity index (χ0) is 18.0. The van der Waals surface area contributed by atoms with Crippen LogP contribution in [0.1, 0.15) is 48.7 Å². The monoisotopic (exact) mass is 335 g/mol. The number of rotatable bonds is 4. The molecule has 130 valence electrons. The fourth-order valence-electron chi connectivity index (χ4n) is 3.41. The maximum Gasteiger partial charge on any atom is 0.144 e. The molecule has 1 aliphatic heterocycles. The van der Waals surface area contributed by atoms with Gasteiger partial charge in [0.15, 0.2) is 0 Å². The van der Waals surface area contributed by atoms with Gasteiger partial charge >= 0.3 is 0 Å². The highest BCUT2D eigenvalue weighted by Crippen LogP contribution is 2.34. The summed E-state index contributed by atoms with van der Waals surface area (Å²) in [5.41, 5.74) is 4.78. The molecule has 0 unspecified atom stereocenters. The van der Waals surface area contributed by atoms with Crippen LogP contribution in [0, 0.1) is 18.3 Å². The van der Waals surface area contributed by atoms with Crippen LogP contribution in [-0.2, 0) is 24.2 Å². The topological polar surface area (TPSA) is 57.9 Å². The number of aryl methyl sites for hydroxylation is 1. The van der Waals surface area contributed by atoms with Gasteiger partial charge in [-0.3, -0.25) is 0 Å². The van der Waals surface area contributed by atoms with Crippen LogP contribution in [0.4, 0.5) is 5.82 Å². The van der Waals surface area contributed by atoms with Crippen LogP contribution in [0.5, 0.6) is 0 Å². The average Bonchev–Trinajstić information content (AvgIpc) is 2.55. The van der Waals surface area contributed by atoms with Gasteiger partial charge in [-0.15, -0.1) is 0 Å². The van der Waals surface area contributed by atoms with Gasteiger partial charge in [-0.25, -0.2) is 4.98 Å². The van der Waals surface area contributed by atoms with E-state index in [1.165, 1.54) is 5.56 Å². The van der Waals surface area contributed by atoms with Crippen molar-refractivity contribution >= 4 is 5.82 Å².